The second-order valence-corrected chi connectivity index (χ2v) is 6.96. The topological polar surface area (TPSA) is 23.6 Å². The number of anilines is 1. The second kappa shape index (κ2) is 8.61. The van der Waals surface area contributed by atoms with Crippen molar-refractivity contribution in [3.63, 3.8) is 0 Å². The number of hydrogen-bond donors (Lipinski definition) is 0. The molecule has 1 unspecified atom stereocenters. The summed E-state index contributed by atoms with van der Waals surface area (Å²) in [4.78, 5) is 16.7. The van der Waals surface area contributed by atoms with Crippen molar-refractivity contribution in [3.8, 4) is 0 Å². The van der Waals surface area contributed by atoms with Gasteiger partial charge in [-0.15, -0.1) is 0 Å². The minimum atomic E-state index is -0.353. The molecule has 0 bridgehead atoms. The lowest BCUT2D eigenvalue weighted by Gasteiger charge is -2.27. The highest BCUT2D eigenvalue weighted by Gasteiger charge is 2.28. The number of halogens is 2. The van der Waals surface area contributed by atoms with E-state index < -0.39 is 0 Å². The normalized spacial score (nSPS) is 16.9. The first-order valence-electron chi connectivity index (χ1n) is 9.61. The van der Waals surface area contributed by atoms with Crippen molar-refractivity contribution in [2.75, 3.05) is 31.1 Å². The Kier molecular flexibility index (Phi) is 6.22. The molecule has 2 aromatic rings. The standard InChI is InChI=1S/C22H26F2N2O/c1-3-25(4-2)15-22(27)26-13-5-6-19(16-7-9-17(23)10-8-16)20-12-11-18(24)14-21(20)26/h7-12,14,19H,3-6,13,15H2,1-2H3. The molecule has 5 heteroatoms. The minimum absolute atomic E-state index is 0.00898. The van der Waals surface area contributed by atoms with Gasteiger partial charge in [-0.2, -0.15) is 0 Å². The largest absolute Gasteiger partial charge is 0.311 e. The third kappa shape index (κ3) is 4.35. The summed E-state index contributed by atoms with van der Waals surface area (Å²) in [5.74, 6) is -0.616. The maximum absolute atomic E-state index is 14.0. The van der Waals surface area contributed by atoms with Gasteiger partial charge in [0, 0.05) is 12.5 Å². The first-order chi connectivity index (χ1) is 13.0. The zero-order valence-corrected chi connectivity index (χ0v) is 15.9. The minimum Gasteiger partial charge on any atom is -0.311 e. The molecular weight excluding hydrogens is 346 g/mol. The van der Waals surface area contributed by atoms with Gasteiger partial charge in [0.1, 0.15) is 11.6 Å². The summed E-state index contributed by atoms with van der Waals surface area (Å²) < 4.78 is 27.4. The zero-order chi connectivity index (χ0) is 19.4. The molecule has 144 valence electrons. The van der Waals surface area contributed by atoms with Gasteiger partial charge in [0.2, 0.25) is 5.91 Å². The Labute approximate surface area is 159 Å². The van der Waals surface area contributed by atoms with Gasteiger partial charge in [-0.05, 0) is 61.3 Å². The van der Waals surface area contributed by atoms with E-state index in [9.17, 15) is 13.6 Å². The Bertz CT molecular complexity index is 787. The molecule has 3 nitrogen and oxygen atoms in total. The number of rotatable bonds is 5. The molecule has 1 amide bonds. The average molecular weight is 372 g/mol. The lowest BCUT2D eigenvalue weighted by Crippen LogP contribution is -2.41. The van der Waals surface area contributed by atoms with Crippen molar-refractivity contribution in [2.45, 2.75) is 32.6 Å². The highest BCUT2D eigenvalue weighted by Crippen LogP contribution is 2.39. The summed E-state index contributed by atoms with van der Waals surface area (Å²) in [5, 5.41) is 0. The number of carbonyl (C=O) groups is 1. The Morgan fingerprint density at radius 2 is 1.74 bits per heavy atom. The molecular formula is C22H26F2N2O. The fraction of sp³-hybridized carbons (Fsp3) is 0.409. The van der Waals surface area contributed by atoms with Crippen LogP contribution in [-0.4, -0.2) is 37.0 Å². The summed E-state index contributed by atoms with van der Waals surface area (Å²) in [6.07, 6.45) is 1.64. The van der Waals surface area contributed by atoms with Crippen LogP contribution < -0.4 is 4.90 Å². The summed E-state index contributed by atoms with van der Waals surface area (Å²) in [6, 6.07) is 11.1. The third-order valence-electron chi connectivity index (χ3n) is 5.36. The number of amides is 1. The van der Waals surface area contributed by atoms with Crippen LogP contribution in [0.3, 0.4) is 0 Å². The highest BCUT2D eigenvalue weighted by molar-refractivity contribution is 5.96. The van der Waals surface area contributed by atoms with Crippen molar-refractivity contribution in [3.05, 3.63) is 65.2 Å². The average Bonchev–Trinajstić information content (AvgIpc) is 2.86. The van der Waals surface area contributed by atoms with Gasteiger partial charge in [0.15, 0.2) is 0 Å². The predicted octanol–water partition coefficient (Wildman–Crippen LogP) is 4.57. The van der Waals surface area contributed by atoms with Crippen molar-refractivity contribution in [2.24, 2.45) is 0 Å². The molecule has 0 aromatic heterocycles. The Morgan fingerprint density at radius 1 is 1.07 bits per heavy atom. The Morgan fingerprint density at radius 3 is 2.41 bits per heavy atom. The van der Waals surface area contributed by atoms with E-state index in [0.717, 1.165) is 37.1 Å². The molecule has 0 saturated carbocycles. The Balaban J connectivity index is 1.98. The lowest BCUT2D eigenvalue weighted by atomic mass is 9.87. The number of carbonyl (C=O) groups excluding carboxylic acids is 1. The van der Waals surface area contributed by atoms with E-state index in [-0.39, 0.29) is 23.5 Å². The van der Waals surface area contributed by atoms with Gasteiger partial charge in [-0.25, -0.2) is 8.78 Å². The molecule has 0 fully saturated rings. The number of fused-ring (bicyclic) bond motifs is 1. The van der Waals surface area contributed by atoms with E-state index in [1.165, 1.54) is 24.3 Å². The fourth-order valence-corrected chi connectivity index (χ4v) is 3.80. The van der Waals surface area contributed by atoms with Crippen LogP contribution in [0.4, 0.5) is 14.5 Å². The van der Waals surface area contributed by atoms with Crippen LogP contribution in [0.25, 0.3) is 0 Å². The molecule has 0 aliphatic carbocycles. The third-order valence-corrected chi connectivity index (χ3v) is 5.36. The van der Waals surface area contributed by atoms with Gasteiger partial charge in [0.05, 0.1) is 12.2 Å². The summed E-state index contributed by atoms with van der Waals surface area (Å²) in [5.41, 5.74) is 2.55. The van der Waals surface area contributed by atoms with Crippen LogP contribution in [0, 0.1) is 11.6 Å². The first kappa shape index (κ1) is 19.5. The first-order valence-corrected chi connectivity index (χ1v) is 9.61. The molecule has 1 heterocycles. The summed E-state index contributed by atoms with van der Waals surface area (Å²) in [7, 11) is 0. The Hall–Kier alpha value is -2.27. The van der Waals surface area contributed by atoms with Crippen molar-refractivity contribution in [1.29, 1.82) is 0 Å². The van der Waals surface area contributed by atoms with Crippen LogP contribution >= 0.6 is 0 Å². The molecule has 1 aliphatic rings. The van der Waals surface area contributed by atoms with E-state index in [4.69, 9.17) is 0 Å². The molecule has 0 N–H and O–H groups in total. The maximum atomic E-state index is 14.0. The molecule has 1 aliphatic heterocycles. The van der Waals surface area contributed by atoms with E-state index in [0.29, 0.717) is 18.8 Å². The van der Waals surface area contributed by atoms with E-state index >= 15 is 0 Å². The predicted molar refractivity (Wildman–Crippen MR) is 104 cm³/mol. The monoisotopic (exact) mass is 372 g/mol. The van der Waals surface area contributed by atoms with Gasteiger partial charge in [-0.1, -0.05) is 32.0 Å². The van der Waals surface area contributed by atoms with E-state index in [1.807, 2.05) is 13.8 Å². The highest BCUT2D eigenvalue weighted by atomic mass is 19.1. The van der Waals surface area contributed by atoms with Gasteiger partial charge < -0.3 is 4.90 Å². The van der Waals surface area contributed by atoms with Crippen LogP contribution in [0.15, 0.2) is 42.5 Å². The number of likely N-dealkylation sites (N-methyl/N-ethyl adjacent to an activating group) is 1. The molecule has 2 aromatic carbocycles. The second-order valence-electron chi connectivity index (χ2n) is 6.96. The zero-order valence-electron chi connectivity index (χ0n) is 15.9. The van der Waals surface area contributed by atoms with E-state index in [1.54, 1.807) is 23.1 Å². The number of hydrogen-bond acceptors (Lipinski definition) is 2. The maximum Gasteiger partial charge on any atom is 0.241 e. The SMILES string of the molecule is CCN(CC)CC(=O)N1CCCC(c2ccc(F)cc2)c2ccc(F)cc21. The van der Waals surface area contributed by atoms with Crippen LogP contribution in [0.1, 0.15) is 43.7 Å². The lowest BCUT2D eigenvalue weighted by molar-refractivity contribution is -0.119. The smallest absolute Gasteiger partial charge is 0.241 e. The molecule has 3 rings (SSSR count). The van der Waals surface area contributed by atoms with Crippen molar-refractivity contribution < 1.29 is 13.6 Å². The number of nitrogens with zero attached hydrogens (tertiary/aromatic N) is 2. The van der Waals surface area contributed by atoms with Gasteiger partial charge in [0.25, 0.3) is 0 Å². The van der Waals surface area contributed by atoms with Gasteiger partial charge in [-0.3, -0.25) is 9.69 Å². The van der Waals surface area contributed by atoms with Gasteiger partial charge >= 0.3 is 0 Å². The summed E-state index contributed by atoms with van der Waals surface area (Å²) >= 11 is 0. The molecule has 27 heavy (non-hydrogen) atoms. The molecule has 0 spiro atoms. The van der Waals surface area contributed by atoms with Crippen molar-refractivity contribution in [1.82, 2.24) is 4.90 Å². The fourth-order valence-electron chi connectivity index (χ4n) is 3.80. The van der Waals surface area contributed by atoms with Crippen LogP contribution in [0.5, 0.6) is 0 Å². The van der Waals surface area contributed by atoms with Crippen molar-refractivity contribution >= 4 is 11.6 Å². The molecule has 0 saturated heterocycles. The van der Waals surface area contributed by atoms with E-state index in [2.05, 4.69) is 4.90 Å². The van der Waals surface area contributed by atoms with Crippen LogP contribution in [0.2, 0.25) is 0 Å². The molecule has 0 radical (unpaired) electrons. The quantitative estimate of drug-likeness (QED) is 0.768. The molecule has 1 atom stereocenters. The van der Waals surface area contributed by atoms with Crippen LogP contribution in [-0.2, 0) is 4.79 Å². The number of benzene rings is 2. The summed E-state index contributed by atoms with van der Waals surface area (Å²) in [6.45, 7) is 6.53.